The summed E-state index contributed by atoms with van der Waals surface area (Å²) in [5, 5.41) is 0. The van der Waals surface area contributed by atoms with Crippen molar-refractivity contribution in [3.8, 4) is 0 Å². The number of unbranched alkanes of at least 4 members (excludes halogenated alkanes) is 1. The molecule has 0 radical (unpaired) electrons. The van der Waals surface area contributed by atoms with Crippen LogP contribution in [-0.4, -0.2) is 63.8 Å². The summed E-state index contributed by atoms with van der Waals surface area (Å²) in [5.41, 5.74) is 0. The van der Waals surface area contributed by atoms with Gasteiger partial charge in [0.25, 0.3) is 0 Å². The molecule has 0 saturated carbocycles. The molecule has 0 bridgehead atoms. The number of carbonyl (C=O) groups excluding carboxylic acids is 2. The fourth-order valence-corrected chi connectivity index (χ4v) is 1.46. The van der Waals surface area contributed by atoms with Gasteiger partial charge in [-0.2, -0.15) is 0 Å². The van der Waals surface area contributed by atoms with Crippen LogP contribution in [0.4, 0.5) is 0 Å². The highest BCUT2D eigenvalue weighted by Crippen LogP contribution is 1.96. The molecule has 0 fully saturated rings. The van der Waals surface area contributed by atoms with Crippen molar-refractivity contribution >= 4 is 11.9 Å². The zero-order chi connectivity index (χ0) is 19.7. The average Bonchev–Trinajstić information content (AvgIpc) is 2.54. The van der Waals surface area contributed by atoms with Gasteiger partial charge in [-0.3, -0.25) is 9.59 Å². The number of esters is 2. The molecule has 150 valence electrons. The summed E-state index contributed by atoms with van der Waals surface area (Å²) < 4.78 is 25.2. The zero-order valence-corrected chi connectivity index (χ0v) is 16.8. The third-order valence-electron chi connectivity index (χ3n) is 2.90. The van der Waals surface area contributed by atoms with Gasteiger partial charge in [0.2, 0.25) is 0 Å². The lowest BCUT2D eigenvalue weighted by Crippen LogP contribution is -2.23. The Hall–Kier alpha value is -1.18. The van der Waals surface area contributed by atoms with E-state index >= 15 is 0 Å². The SMILES string of the molecule is CCCCOCC(C)OC(C)=O.COC(C)COC(C)COC(C)=O. The predicted molar refractivity (Wildman–Crippen MR) is 95.5 cm³/mol. The highest BCUT2D eigenvalue weighted by molar-refractivity contribution is 5.66. The Labute approximate surface area is 152 Å². The highest BCUT2D eigenvalue weighted by Gasteiger charge is 2.07. The van der Waals surface area contributed by atoms with Crippen LogP contribution in [0, 0.1) is 0 Å². The smallest absolute Gasteiger partial charge is 0.302 e. The van der Waals surface area contributed by atoms with E-state index in [2.05, 4.69) is 6.92 Å². The summed E-state index contributed by atoms with van der Waals surface area (Å²) in [5.74, 6) is -0.531. The maximum Gasteiger partial charge on any atom is 0.302 e. The minimum atomic E-state index is -0.282. The van der Waals surface area contributed by atoms with Crippen LogP contribution in [0.2, 0.25) is 0 Å². The summed E-state index contributed by atoms with van der Waals surface area (Å²) in [7, 11) is 1.63. The third-order valence-corrected chi connectivity index (χ3v) is 2.90. The second kappa shape index (κ2) is 17.6. The molecule has 0 N–H and O–H groups in total. The molecule has 0 aromatic carbocycles. The van der Waals surface area contributed by atoms with Crippen molar-refractivity contribution in [1.82, 2.24) is 0 Å². The number of ether oxygens (including phenoxy) is 5. The average molecular weight is 364 g/mol. The van der Waals surface area contributed by atoms with E-state index in [1.807, 2.05) is 20.8 Å². The van der Waals surface area contributed by atoms with E-state index in [-0.39, 0.29) is 30.3 Å². The van der Waals surface area contributed by atoms with Crippen LogP contribution in [0.15, 0.2) is 0 Å². The van der Waals surface area contributed by atoms with Gasteiger partial charge in [0, 0.05) is 27.6 Å². The Balaban J connectivity index is 0. The van der Waals surface area contributed by atoms with Crippen molar-refractivity contribution < 1.29 is 33.3 Å². The Bertz CT molecular complexity index is 333. The second-order valence-electron chi connectivity index (χ2n) is 5.84. The molecule has 0 heterocycles. The molecule has 7 heteroatoms. The van der Waals surface area contributed by atoms with Crippen molar-refractivity contribution in [2.75, 3.05) is 33.5 Å². The lowest BCUT2D eigenvalue weighted by molar-refractivity contribution is -0.148. The van der Waals surface area contributed by atoms with Gasteiger partial charge in [-0.1, -0.05) is 13.3 Å². The first-order valence-corrected chi connectivity index (χ1v) is 8.75. The molecule has 25 heavy (non-hydrogen) atoms. The summed E-state index contributed by atoms with van der Waals surface area (Å²) in [6.07, 6.45) is 2.05. The molecule has 7 nitrogen and oxygen atoms in total. The fourth-order valence-electron chi connectivity index (χ4n) is 1.46. The first-order valence-electron chi connectivity index (χ1n) is 8.75. The third kappa shape index (κ3) is 22.8. The standard InChI is InChI=1S/C9H18O4.C9H18O3/c1-7(11-4)5-12-8(2)6-13-9(3)10;1-4-5-6-11-7-8(2)12-9(3)10/h7-8H,5-6H2,1-4H3;8H,4-7H2,1-3H3. The van der Waals surface area contributed by atoms with Gasteiger partial charge in [0.15, 0.2) is 0 Å². The molecule has 0 aromatic rings. The molecule has 3 atom stereocenters. The van der Waals surface area contributed by atoms with E-state index in [4.69, 9.17) is 23.7 Å². The van der Waals surface area contributed by atoms with Gasteiger partial charge >= 0.3 is 11.9 Å². The number of carbonyl (C=O) groups is 2. The van der Waals surface area contributed by atoms with Crippen molar-refractivity contribution in [2.45, 2.75) is 72.7 Å². The molecule has 0 aliphatic heterocycles. The normalized spacial score (nSPS) is 13.9. The molecule has 0 rings (SSSR count). The summed E-state index contributed by atoms with van der Waals surface area (Å²) in [6.45, 7) is 12.6. The van der Waals surface area contributed by atoms with Crippen molar-refractivity contribution in [3.63, 3.8) is 0 Å². The van der Waals surface area contributed by atoms with E-state index in [0.29, 0.717) is 19.8 Å². The first kappa shape index (κ1) is 26.1. The lowest BCUT2D eigenvalue weighted by Gasteiger charge is -2.15. The molecule has 0 aliphatic carbocycles. The summed E-state index contributed by atoms with van der Waals surface area (Å²) in [4.78, 5) is 20.9. The molecule has 0 spiro atoms. The van der Waals surface area contributed by atoms with Crippen molar-refractivity contribution in [2.24, 2.45) is 0 Å². The number of methoxy groups -OCH3 is 1. The van der Waals surface area contributed by atoms with Gasteiger partial charge in [-0.05, 0) is 27.2 Å². The van der Waals surface area contributed by atoms with Crippen LogP contribution in [0.25, 0.3) is 0 Å². The fraction of sp³-hybridized carbons (Fsp3) is 0.889. The van der Waals surface area contributed by atoms with Crippen molar-refractivity contribution in [1.29, 1.82) is 0 Å². The van der Waals surface area contributed by atoms with E-state index < -0.39 is 0 Å². The molecule has 0 aromatic heterocycles. The number of hydrogen-bond acceptors (Lipinski definition) is 7. The van der Waals surface area contributed by atoms with Crippen LogP contribution < -0.4 is 0 Å². The van der Waals surface area contributed by atoms with Gasteiger partial charge in [0.1, 0.15) is 12.7 Å². The maximum absolute atomic E-state index is 10.5. The predicted octanol–water partition coefficient (Wildman–Crippen LogP) is 2.74. The quantitative estimate of drug-likeness (QED) is 0.389. The summed E-state index contributed by atoms with van der Waals surface area (Å²) >= 11 is 0. The minimum Gasteiger partial charge on any atom is -0.463 e. The van der Waals surface area contributed by atoms with Crippen LogP contribution in [0.3, 0.4) is 0 Å². The van der Waals surface area contributed by atoms with Crippen LogP contribution in [-0.2, 0) is 33.3 Å². The molecule has 0 aliphatic rings. The van der Waals surface area contributed by atoms with E-state index in [1.54, 1.807) is 7.11 Å². The van der Waals surface area contributed by atoms with E-state index in [0.717, 1.165) is 19.4 Å². The van der Waals surface area contributed by atoms with Crippen LogP contribution in [0.1, 0.15) is 54.4 Å². The Morgan fingerprint density at radius 1 is 0.880 bits per heavy atom. The monoisotopic (exact) mass is 364 g/mol. The Morgan fingerprint density at radius 3 is 2.00 bits per heavy atom. The molecular weight excluding hydrogens is 328 g/mol. The number of hydrogen-bond donors (Lipinski definition) is 0. The molecular formula is C18H36O7. The molecule has 0 saturated heterocycles. The maximum atomic E-state index is 10.5. The molecule has 0 amide bonds. The van der Waals surface area contributed by atoms with Gasteiger partial charge in [-0.25, -0.2) is 0 Å². The second-order valence-corrected chi connectivity index (χ2v) is 5.84. The first-order chi connectivity index (χ1) is 11.7. The van der Waals surface area contributed by atoms with Gasteiger partial charge < -0.3 is 23.7 Å². The zero-order valence-electron chi connectivity index (χ0n) is 16.8. The van der Waals surface area contributed by atoms with Crippen molar-refractivity contribution in [3.05, 3.63) is 0 Å². The summed E-state index contributed by atoms with van der Waals surface area (Å²) in [6, 6.07) is 0. The van der Waals surface area contributed by atoms with E-state index in [1.165, 1.54) is 13.8 Å². The largest absolute Gasteiger partial charge is 0.463 e. The Kier molecular flexibility index (Phi) is 18.4. The van der Waals surface area contributed by atoms with Crippen LogP contribution in [0.5, 0.6) is 0 Å². The van der Waals surface area contributed by atoms with Gasteiger partial charge in [-0.15, -0.1) is 0 Å². The lowest BCUT2D eigenvalue weighted by atomic mass is 10.3. The number of rotatable bonds is 12. The highest BCUT2D eigenvalue weighted by atomic mass is 16.6. The Morgan fingerprint density at radius 2 is 1.52 bits per heavy atom. The molecule has 3 unspecified atom stereocenters. The topological polar surface area (TPSA) is 80.3 Å². The van der Waals surface area contributed by atoms with Crippen LogP contribution >= 0.6 is 0 Å². The minimum absolute atomic E-state index is 0.0692. The van der Waals surface area contributed by atoms with Gasteiger partial charge in [0.05, 0.1) is 25.4 Å². The van der Waals surface area contributed by atoms with E-state index in [9.17, 15) is 9.59 Å².